The van der Waals surface area contributed by atoms with E-state index in [0.29, 0.717) is 52.3 Å². The first-order chi connectivity index (χ1) is 15.1. The summed E-state index contributed by atoms with van der Waals surface area (Å²) in [7, 11) is 1.59. The topological polar surface area (TPSA) is 113 Å². The Morgan fingerprint density at radius 2 is 1.71 bits per heavy atom. The highest BCUT2D eigenvalue weighted by atomic mass is 32.2. The Kier molecular flexibility index (Phi) is 6.08. The van der Waals surface area contributed by atoms with Gasteiger partial charge in [0.05, 0.1) is 18.2 Å². The zero-order valence-corrected chi connectivity index (χ0v) is 17.7. The summed E-state index contributed by atoms with van der Waals surface area (Å²) in [6.45, 7) is 0.496. The quantitative estimate of drug-likeness (QED) is 0.234. The van der Waals surface area contributed by atoms with Crippen LogP contribution < -0.4 is 15.3 Å². The average molecular weight is 439 g/mol. The molecule has 0 fully saturated rings. The predicted octanol–water partition coefficient (Wildman–Crippen LogP) is 2.36. The zero-order chi connectivity index (χ0) is 21.8. The Labute approximate surface area is 183 Å². The number of nitrogens with two attached hydrogens (primary N) is 1. The molecule has 1 aliphatic rings. The number of methoxy groups -OCH3 is 1. The Morgan fingerprint density at radius 1 is 1.00 bits per heavy atom. The zero-order valence-electron chi connectivity index (χ0n) is 16.9. The normalized spacial score (nSPS) is 12.9. The number of fused-ring (bicyclic) bond motifs is 1. The molecule has 0 bridgehead atoms. The van der Waals surface area contributed by atoms with Crippen molar-refractivity contribution in [3.8, 4) is 11.5 Å². The molecule has 0 aliphatic carbocycles. The number of rotatable bonds is 9. The second-order valence-corrected chi connectivity index (χ2v) is 7.81. The lowest BCUT2D eigenvalue weighted by Gasteiger charge is -2.13. The lowest BCUT2D eigenvalue weighted by atomic mass is 10.1. The highest BCUT2D eigenvalue weighted by molar-refractivity contribution is 7.99. The average Bonchev–Trinajstić information content (AvgIpc) is 3.27. The van der Waals surface area contributed by atoms with E-state index >= 15 is 0 Å². The van der Waals surface area contributed by atoms with Crippen molar-refractivity contribution in [3.05, 3.63) is 65.5 Å². The van der Waals surface area contributed by atoms with Crippen LogP contribution in [0.2, 0.25) is 0 Å². The standard InChI is InChI=1S/C21H21N5O4S/c1-29-14-6-4-7-15(12-14)30-13-18-23-24-21(26(18)22)31-11-5-10-25-19(27)16-8-2-3-9-17(16)20(25)28/h2-4,6-9,12H,5,10-11,13,22H2,1H3. The van der Waals surface area contributed by atoms with Gasteiger partial charge >= 0.3 is 0 Å². The summed E-state index contributed by atoms with van der Waals surface area (Å²) >= 11 is 1.40. The number of amides is 2. The van der Waals surface area contributed by atoms with E-state index in [4.69, 9.17) is 15.3 Å². The van der Waals surface area contributed by atoms with E-state index < -0.39 is 0 Å². The summed E-state index contributed by atoms with van der Waals surface area (Å²) in [6.07, 6.45) is 0.610. The summed E-state index contributed by atoms with van der Waals surface area (Å²) in [5.74, 6) is 8.02. The van der Waals surface area contributed by atoms with Gasteiger partial charge in [-0.1, -0.05) is 30.0 Å². The lowest BCUT2D eigenvalue weighted by molar-refractivity contribution is 0.0655. The Balaban J connectivity index is 1.27. The molecule has 2 N–H and O–H groups in total. The summed E-state index contributed by atoms with van der Waals surface area (Å²) in [4.78, 5) is 26.1. The molecule has 0 radical (unpaired) electrons. The van der Waals surface area contributed by atoms with Gasteiger partial charge in [0.15, 0.2) is 5.82 Å². The molecule has 0 atom stereocenters. The fourth-order valence-corrected chi connectivity index (χ4v) is 3.97. The molecule has 2 aromatic carbocycles. The number of carbonyl (C=O) groups is 2. The molecule has 0 saturated carbocycles. The van der Waals surface area contributed by atoms with Gasteiger partial charge in [0, 0.05) is 18.4 Å². The van der Waals surface area contributed by atoms with Crippen molar-refractivity contribution in [1.29, 1.82) is 0 Å². The highest BCUT2D eigenvalue weighted by Crippen LogP contribution is 2.24. The highest BCUT2D eigenvalue weighted by Gasteiger charge is 2.34. The molecule has 9 nitrogen and oxygen atoms in total. The van der Waals surface area contributed by atoms with Crippen LogP contribution in [0, 0.1) is 0 Å². The minimum Gasteiger partial charge on any atom is -0.497 e. The largest absolute Gasteiger partial charge is 0.497 e. The van der Waals surface area contributed by atoms with Crippen LogP contribution in [0.4, 0.5) is 0 Å². The molecule has 10 heteroatoms. The first-order valence-corrected chi connectivity index (χ1v) is 10.6. The van der Waals surface area contributed by atoms with Crippen molar-refractivity contribution in [2.75, 3.05) is 25.3 Å². The maximum absolute atomic E-state index is 12.4. The number of thioether (sulfide) groups is 1. The molecular formula is C21H21N5O4S. The van der Waals surface area contributed by atoms with Crippen LogP contribution in [0.1, 0.15) is 33.0 Å². The number of carbonyl (C=O) groups excluding carboxylic acids is 2. The summed E-state index contributed by atoms with van der Waals surface area (Å²) in [5, 5.41) is 8.70. The second kappa shape index (κ2) is 9.09. The molecule has 0 saturated heterocycles. The summed E-state index contributed by atoms with van der Waals surface area (Å²) in [5.41, 5.74) is 0.921. The van der Waals surface area contributed by atoms with Crippen LogP contribution in [0.15, 0.2) is 53.7 Å². The van der Waals surface area contributed by atoms with Gasteiger partial charge in [-0.15, -0.1) is 10.2 Å². The molecule has 4 rings (SSSR count). The first-order valence-electron chi connectivity index (χ1n) is 9.62. The van der Waals surface area contributed by atoms with Crippen LogP contribution in [-0.4, -0.2) is 51.0 Å². The van der Waals surface area contributed by atoms with E-state index in [1.807, 2.05) is 18.2 Å². The van der Waals surface area contributed by atoms with Gasteiger partial charge in [0.25, 0.3) is 11.8 Å². The molecule has 3 aromatic rings. The van der Waals surface area contributed by atoms with Crippen LogP contribution in [0.5, 0.6) is 11.5 Å². The van der Waals surface area contributed by atoms with Crippen molar-refractivity contribution in [1.82, 2.24) is 19.8 Å². The molecule has 0 unspecified atom stereocenters. The van der Waals surface area contributed by atoms with Gasteiger partial charge < -0.3 is 15.3 Å². The van der Waals surface area contributed by atoms with Crippen molar-refractivity contribution < 1.29 is 19.1 Å². The van der Waals surface area contributed by atoms with Crippen molar-refractivity contribution in [2.24, 2.45) is 0 Å². The number of nitrogen functional groups attached to an aromatic ring is 1. The maximum Gasteiger partial charge on any atom is 0.261 e. The van der Waals surface area contributed by atoms with E-state index in [9.17, 15) is 9.59 Å². The molecule has 0 spiro atoms. The van der Waals surface area contributed by atoms with Crippen LogP contribution in [0.3, 0.4) is 0 Å². The number of aromatic nitrogens is 3. The van der Waals surface area contributed by atoms with E-state index in [0.717, 1.165) is 0 Å². The lowest BCUT2D eigenvalue weighted by Crippen LogP contribution is -2.31. The van der Waals surface area contributed by atoms with Gasteiger partial charge in [0.2, 0.25) is 5.16 Å². The second-order valence-electron chi connectivity index (χ2n) is 6.75. The van der Waals surface area contributed by atoms with Crippen LogP contribution in [-0.2, 0) is 6.61 Å². The van der Waals surface area contributed by atoms with E-state index in [1.54, 1.807) is 37.4 Å². The first kappa shape index (κ1) is 20.7. The number of imide groups is 1. The third-order valence-electron chi connectivity index (χ3n) is 4.78. The van der Waals surface area contributed by atoms with E-state index in [1.165, 1.54) is 21.3 Å². The number of hydrogen-bond donors (Lipinski definition) is 1. The summed E-state index contributed by atoms with van der Waals surface area (Å²) in [6, 6.07) is 14.1. The maximum atomic E-state index is 12.4. The Morgan fingerprint density at radius 3 is 2.42 bits per heavy atom. The fraction of sp³-hybridized carbons (Fsp3) is 0.238. The minimum atomic E-state index is -0.246. The third-order valence-corrected chi connectivity index (χ3v) is 5.81. The third kappa shape index (κ3) is 4.33. The number of nitrogens with zero attached hydrogens (tertiary/aromatic N) is 4. The van der Waals surface area contributed by atoms with Crippen molar-refractivity contribution in [3.63, 3.8) is 0 Å². The summed E-state index contributed by atoms with van der Waals surface area (Å²) < 4.78 is 12.3. The number of ether oxygens (including phenoxy) is 2. The SMILES string of the molecule is COc1cccc(OCc2nnc(SCCCN3C(=O)c4ccccc4C3=O)n2N)c1. The molecule has 2 amide bonds. The minimum absolute atomic E-state index is 0.159. The van der Waals surface area contributed by atoms with Crippen molar-refractivity contribution >= 4 is 23.6 Å². The fourth-order valence-electron chi connectivity index (χ4n) is 3.17. The predicted molar refractivity (Wildman–Crippen MR) is 115 cm³/mol. The van der Waals surface area contributed by atoms with Gasteiger partial charge in [-0.2, -0.15) is 0 Å². The molecule has 31 heavy (non-hydrogen) atoms. The molecule has 1 aromatic heterocycles. The molecule has 1 aliphatic heterocycles. The monoisotopic (exact) mass is 439 g/mol. The van der Waals surface area contributed by atoms with Crippen LogP contribution in [0.25, 0.3) is 0 Å². The Bertz CT molecular complexity index is 1080. The van der Waals surface area contributed by atoms with Gasteiger partial charge in [-0.05, 0) is 30.7 Å². The number of benzene rings is 2. The van der Waals surface area contributed by atoms with Gasteiger partial charge in [-0.3, -0.25) is 14.5 Å². The molecular weight excluding hydrogens is 418 g/mol. The van der Waals surface area contributed by atoms with E-state index in [2.05, 4.69) is 10.2 Å². The van der Waals surface area contributed by atoms with E-state index in [-0.39, 0.29) is 18.4 Å². The van der Waals surface area contributed by atoms with Crippen molar-refractivity contribution in [2.45, 2.75) is 18.2 Å². The van der Waals surface area contributed by atoms with Crippen LogP contribution >= 0.6 is 11.8 Å². The number of hydrogen-bond acceptors (Lipinski definition) is 8. The smallest absolute Gasteiger partial charge is 0.261 e. The molecule has 2 heterocycles. The Hall–Kier alpha value is -3.53. The van der Waals surface area contributed by atoms with Gasteiger partial charge in [0.1, 0.15) is 18.1 Å². The van der Waals surface area contributed by atoms with Gasteiger partial charge in [-0.25, -0.2) is 4.68 Å². The molecule has 160 valence electrons.